The van der Waals surface area contributed by atoms with Crippen LogP contribution in [0.4, 0.5) is 0 Å². The molecule has 7 heavy (non-hydrogen) atoms. The van der Waals surface area contributed by atoms with Crippen molar-refractivity contribution in [2.45, 2.75) is 11.7 Å². The third kappa shape index (κ3) is 2.68. The van der Waals surface area contributed by atoms with Gasteiger partial charge in [0.15, 0.2) is 7.85 Å². The smallest absolute Gasteiger partial charge is 0.156 e. The molecule has 0 saturated heterocycles. The molecule has 0 aliphatic heterocycles. The second kappa shape index (κ2) is 1.86. The average Bonchev–Trinajstić information content (AvgIpc) is 1.31. The lowest BCUT2D eigenvalue weighted by molar-refractivity contribution is -0.133. The van der Waals surface area contributed by atoms with E-state index in [2.05, 4.69) is 15.7 Å². The first-order valence-electron chi connectivity index (χ1n) is 1.62. The molecule has 1 atom stereocenters. The first-order valence-corrected chi connectivity index (χ1v) is 1.62. The van der Waals surface area contributed by atoms with Crippen molar-refractivity contribution in [3.63, 3.8) is 0 Å². The minimum absolute atomic E-state index is 1.81. The highest BCUT2D eigenvalue weighted by Crippen LogP contribution is 1.93. The molecule has 0 aromatic carbocycles. The zero-order chi connectivity index (χ0) is 6.08. The Morgan fingerprint density at radius 3 is 1.57 bits per heavy atom. The maximum Gasteiger partial charge on any atom is 0.156 e. The van der Waals surface area contributed by atoms with Gasteiger partial charge in [0, 0.05) is 0 Å². The number of rotatable bonds is 1. The van der Waals surface area contributed by atoms with Crippen LogP contribution >= 0.6 is 0 Å². The quantitative estimate of drug-likeness (QED) is 0.246. The van der Waals surface area contributed by atoms with Crippen molar-refractivity contribution in [1.82, 2.24) is 0 Å². The monoisotopic (exact) mass is 98.0 g/mol. The summed E-state index contributed by atoms with van der Waals surface area (Å²) >= 11 is 0. The van der Waals surface area contributed by atoms with Gasteiger partial charge in [0.25, 0.3) is 0 Å². The molecular formula is C2H4B2O3. The molecule has 3 nitrogen and oxygen atoms in total. The Hall–Kier alpha value is 0.00987. The Balaban J connectivity index is 3.54. The Morgan fingerprint density at radius 1 is 1.43 bits per heavy atom. The number of aliphatic hydroxyl groups excluding tert-OH is 1. The second-order valence-electron chi connectivity index (χ2n) is 1.23. The van der Waals surface area contributed by atoms with E-state index in [0.29, 0.717) is 0 Å². The molecule has 0 saturated carbocycles. The van der Waals surface area contributed by atoms with E-state index in [1.54, 1.807) is 0 Å². The van der Waals surface area contributed by atoms with Gasteiger partial charge >= 0.3 is 0 Å². The maximum absolute atomic E-state index is 8.05. The summed E-state index contributed by atoms with van der Waals surface area (Å²) in [6.07, 6.45) is 0. The largest absolute Gasteiger partial charge is 0.398 e. The number of aliphatic hydroxyl groups is 3. The molecular weight excluding hydrogens is 93.6 g/mol. The van der Waals surface area contributed by atoms with Gasteiger partial charge in [-0.3, -0.25) is 0 Å². The SMILES string of the molecule is [B]C(O)C([B])(O)O. The maximum atomic E-state index is 8.05. The Labute approximate surface area is 43.8 Å². The van der Waals surface area contributed by atoms with Crippen molar-refractivity contribution in [2.24, 2.45) is 0 Å². The van der Waals surface area contributed by atoms with E-state index in [-0.39, 0.29) is 0 Å². The lowest BCUT2D eigenvalue weighted by Crippen LogP contribution is -2.42. The molecule has 0 rings (SSSR count). The van der Waals surface area contributed by atoms with Crippen LogP contribution in [0, 0.1) is 0 Å². The molecule has 0 aliphatic carbocycles. The van der Waals surface area contributed by atoms with E-state index in [4.69, 9.17) is 15.3 Å². The van der Waals surface area contributed by atoms with Gasteiger partial charge in [-0.25, -0.2) is 0 Å². The normalized spacial score (nSPS) is 16.4. The van der Waals surface area contributed by atoms with Crippen LogP contribution in [0.3, 0.4) is 0 Å². The van der Waals surface area contributed by atoms with Crippen LogP contribution in [0.25, 0.3) is 0 Å². The highest BCUT2D eigenvalue weighted by atomic mass is 16.5. The van der Waals surface area contributed by atoms with Crippen molar-refractivity contribution in [3.05, 3.63) is 0 Å². The van der Waals surface area contributed by atoms with Gasteiger partial charge in [-0.15, -0.1) is 0 Å². The van der Waals surface area contributed by atoms with Crippen LogP contribution in [0.2, 0.25) is 0 Å². The lowest BCUT2D eigenvalue weighted by atomic mass is 9.79. The number of hydrogen-bond acceptors (Lipinski definition) is 3. The molecule has 0 fully saturated rings. The van der Waals surface area contributed by atoms with Crippen LogP contribution in [0.1, 0.15) is 0 Å². The topological polar surface area (TPSA) is 60.7 Å². The van der Waals surface area contributed by atoms with Crippen LogP contribution in [-0.2, 0) is 0 Å². The van der Waals surface area contributed by atoms with Crippen LogP contribution in [0.15, 0.2) is 0 Å². The zero-order valence-corrected chi connectivity index (χ0v) is 3.57. The standard InChI is InChI=1S/C2H4B2O3/c3-1(5)2(4,6)7/h1,5-7H. The van der Waals surface area contributed by atoms with Gasteiger partial charge in [0.1, 0.15) is 13.5 Å². The Kier molecular flexibility index (Phi) is 1.86. The Bertz CT molecular complexity index is 56.4. The van der Waals surface area contributed by atoms with Gasteiger partial charge in [0.2, 0.25) is 0 Å². The third-order valence-electron chi connectivity index (χ3n) is 0.435. The highest BCUT2D eigenvalue weighted by molar-refractivity contribution is 6.21. The molecule has 5 heteroatoms. The van der Waals surface area contributed by atoms with E-state index < -0.39 is 11.7 Å². The molecule has 36 valence electrons. The zero-order valence-electron chi connectivity index (χ0n) is 3.57. The predicted octanol–water partition coefficient (Wildman–Crippen LogP) is -2.72. The van der Waals surface area contributed by atoms with Gasteiger partial charge in [-0.2, -0.15) is 0 Å². The second-order valence-corrected chi connectivity index (χ2v) is 1.23. The van der Waals surface area contributed by atoms with Crippen LogP contribution < -0.4 is 0 Å². The van der Waals surface area contributed by atoms with Crippen LogP contribution in [-0.4, -0.2) is 42.7 Å². The van der Waals surface area contributed by atoms with Crippen molar-refractivity contribution < 1.29 is 15.3 Å². The summed E-state index contributed by atoms with van der Waals surface area (Å²) < 4.78 is 0. The molecule has 0 bridgehead atoms. The molecule has 3 N–H and O–H groups in total. The van der Waals surface area contributed by atoms with E-state index in [1.807, 2.05) is 0 Å². The van der Waals surface area contributed by atoms with Crippen molar-refractivity contribution in [2.75, 3.05) is 0 Å². The molecule has 0 amide bonds. The van der Waals surface area contributed by atoms with Crippen LogP contribution in [0.5, 0.6) is 0 Å². The number of hydrogen-bond donors (Lipinski definition) is 3. The summed E-state index contributed by atoms with van der Waals surface area (Å²) in [4.78, 5) is 0. The molecule has 4 radical (unpaired) electrons. The highest BCUT2D eigenvalue weighted by Gasteiger charge is 2.19. The summed E-state index contributed by atoms with van der Waals surface area (Å²) in [5, 5.41) is 24.1. The molecule has 0 aromatic rings. The first kappa shape index (κ1) is 7.01. The molecule has 0 aromatic heterocycles. The third-order valence-corrected chi connectivity index (χ3v) is 0.435. The summed E-state index contributed by atoms with van der Waals surface area (Å²) in [7, 11) is 8.91. The molecule has 0 aliphatic rings. The van der Waals surface area contributed by atoms with Gasteiger partial charge in [-0.1, -0.05) is 0 Å². The molecule has 1 unspecified atom stereocenters. The van der Waals surface area contributed by atoms with Crippen molar-refractivity contribution in [1.29, 1.82) is 0 Å². The first-order chi connectivity index (χ1) is 2.94. The summed E-state index contributed by atoms with van der Waals surface area (Å²) in [5.74, 6) is 0. The fourth-order valence-corrected chi connectivity index (χ4v) is 0. The van der Waals surface area contributed by atoms with Gasteiger partial charge in [0.05, 0.1) is 6.00 Å². The summed E-state index contributed by atoms with van der Waals surface area (Å²) in [5.41, 5.74) is -2.67. The minimum atomic E-state index is -2.67. The van der Waals surface area contributed by atoms with Gasteiger partial charge < -0.3 is 15.3 Å². The Morgan fingerprint density at radius 2 is 1.57 bits per heavy atom. The van der Waals surface area contributed by atoms with E-state index >= 15 is 0 Å². The van der Waals surface area contributed by atoms with E-state index in [9.17, 15) is 0 Å². The predicted molar refractivity (Wildman–Crippen MR) is 24.7 cm³/mol. The van der Waals surface area contributed by atoms with E-state index in [1.165, 1.54) is 0 Å². The molecule has 0 spiro atoms. The fourth-order valence-electron chi connectivity index (χ4n) is 0. The minimum Gasteiger partial charge on any atom is -0.398 e. The van der Waals surface area contributed by atoms with Crippen molar-refractivity contribution >= 4 is 15.7 Å². The lowest BCUT2D eigenvalue weighted by Gasteiger charge is -2.19. The summed E-state index contributed by atoms with van der Waals surface area (Å²) in [6.45, 7) is 0. The molecule has 0 heterocycles. The average molecular weight is 97.7 g/mol. The van der Waals surface area contributed by atoms with Gasteiger partial charge in [-0.05, 0) is 0 Å². The van der Waals surface area contributed by atoms with E-state index in [0.717, 1.165) is 0 Å². The fraction of sp³-hybridized carbons (Fsp3) is 1.00. The summed E-state index contributed by atoms with van der Waals surface area (Å²) in [6, 6.07) is -1.81. The van der Waals surface area contributed by atoms with Crippen molar-refractivity contribution in [3.8, 4) is 0 Å².